The number of hydrogen-bond acceptors (Lipinski definition) is 4. The molecule has 8 heteroatoms. The molecule has 1 atom stereocenters. The lowest BCUT2D eigenvalue weighted by atomic mass is 10.0. The van der Waals surface area contributed by atoms with Crippen LogP contribution in [0.2, 0.25) is 0 Å². The number of aromatic nitrogens is 2. The van der Waals surface area contributed by atoms with E-state index in [4.69, 9.17) is 4.74 Å². The van der Waals surface area contributed by atoms with Gasteiger partial charge in [0.1, 0.15) is 18.2 Å². The Hall–Kier alpha value is -3.42. The Morgan fingerprint density at radius 3 is 2.40 bits per heavy atom. The van der Waals surface area contributed by atoms with Crippen molar-refractivity contribution in [2.24, 2.45) is 0 Å². The summed E-state index contributed by atoms with van der Waals surface area (Å²) in [5.74, 6) is 0.718. The lowest BCUT2D eigenvalue weighted by molar-refractivity contribution is -0.137. The van der Waals surface area contributed by atoms with Crippen molar-refractivity contribution in [3.63, 3.8) is 0 Å². The van der Waals surface area contributed by atoms with Crippen LogP contribution in [0.4, 0.5) is 13.2 Å². The van der Waals surface area contributed by atoms with Gasteiger partial charge < -0.3 is 9.64 Å². The molecule has 0 saturated carbocycles. The fourth-order valence-electron chi connectivity index (χ4n) is 3.30. The second-order valence-corrected chi connectivity index (χ2v) is 7.04. The first-order valence-electron chi connectivity index (χ1n) is 9.34. The summed E-state index contributed by atoms with van der Waals surface area (Å²) >= 11 is 0. The summed E-state index contributed by atoms with van der Waals surface area (Å²) in [6.45, 7) is 2.42. The third-order valence-electron chi connectivity index (χ3n) is 4.96. The summed E-state index contributed by atoms with van der Waals surface area (Å²) in [5, 5.41) is 0. The predicted octanol–water partition coefficient (Wildman–Crippen LogP) is 4.59. The minimum Gasteiger partial charge on any atom is -0.491 e. The number of alkyl halides is 3. The molecule has 4 rings (SSSR count). The van der Waals surface area contributed by atoms with E-state index in [0.29, 0.717) is 34.9 Å². The molecule has 0 radical (unpaired) electrons. The Balaban J connectivity index is 1.66. The Kier molecular flexibility index (Phi) is 5.15. The van der Waals surface area contributed by atoms with Gasteiger partial charge in [0.2, 0.25) is 0 Å². The number of benzene rings is 2. The van der Waals surface area contributed by atoms with Gasteiger partial charge in [-0.25, -0.2) is 9.97 Å². The van der Waals surface area contributed by atoms with E-state index in [9.17, 15) is 18.0 Å². The molecule has 3 aromatic rings. The second-order valence-electron chi connectivity index (χ2n) is 7.04. The molecular formula is C22H18F3N3O2. The van der Waals surface area contributed by atoms with Crippen molar-refractivity contribution in [2.45, 2.75) is 25.7 Å². The van der Waals surface area contributed by atoms with Crippen molar-refractivity contribution in [3.8, 4) is 16.9 Å². The molecule has 1 aliphatic rings. The zero-order valence-corrected chi connectivity index (χ0v) is 16.1. The van der Waals surface area contributed by atoms with E-state index in [-0.39, 0.29) is 18.5 Å². The molecule has 2 aromatic carbocycles. The monoisotopic (exact) mass is 413 g/mol. The normalized spacial score (nSPS) is 16.6. The van der Waals surface area contributed by atoms with Crippen LogP contribution in [0.15, 0.2) is 60.9 Å². The standard InChI is InChI=1S/C22H18F3N3O2/c1-14-13-30-19-8-5-16(15-3-6-17(7-4-15)22(23,24)25)11-18(19)21(29)28(14)12-20-26-9-2-10-27-20/h2-11,14H,12-13H2,1H3/t14-/m1/s1. The quantitative estimate of drug-likeness (QED) is 0.631. The van der Waals surface area contributed by atoms with E-state index in [1.807, 2.05) is 6.92 Å². The van der Waals surface area contributed by atoms with Crippen LogP contribution in [0.3, 0.4) is 0 Å². The van der Waals surface area contributed by atoms with Crippen LogP contribution in [-0.2, 0) is 12.7 Å². The highest BCUT2D eigenvalue weighted by atomic mass is 19.4. The molecule has 5 nitrogen and oxygen atoms in total. The van der Waals surface area contributed by atoms with Crippen LogP contribution in [0.5, 0.6) is 5.75 Å². The van der Waals surface area contributed by atoms with E-state index < -0.39 is 11.7 Å². The first-order valence-corrected chi connectivity index (χ1v) is 9.34. The summed E-state index contributed by atoms with van der Waals surface area (Å²) in [5.41, 5.74) is 0.842. The minimum absolute atomic E-state index is 0.205. The van der Waals surface area contributed by atoms with Gasteiger partial charge >= 0.3 is 6.18 Å². The molecule has 0 spiro atoms. The van der Waals surface area contributed by atoms with Crippen LogP contribution in [0.1, 0.15) is 28.7 Å². The number of halogens is 3. The molecule has 0 bridgehead atoms. The largest absolute Gasteiger partial charge is 0.491 e. The van der Waals surface area contributed by atoms with Gasteiger partial charge in [-0.15, -0.1) is 0 Å². The maximum absolute atomic E-state index is 13.3. The van der Waals surface area contributed by atoms with E-state index in [0.717, 1.165) is 12.1 Å². The zero-order valence-electron chi connectivity index (χ0n) is 16.1. The minimum atomic E-state index is -4.40. The van der Waals surface area contributed by atoms with Crippen molar-refractivity contribution in [2.75, 3.05) is 6.61 Å². The smallest absolute Gasteiger partial charge is 0.416 e. The van der Waals surface area contributed by atoms with Crippen LogP contribution in [0.25, 0.3) is 11.1 Å². The Morgan fingerprint density at radius 2 is 1.73 bits per heavy atom. The summed E-state index contributed by atoms with van der Waals surface area (Å²) in [4.78, 5) is 23.3. The van der Waals surface area contributed by atoms with Gasteiger partial charge in [-0.3, -0.25) is 4.79 Å². The lowest BCUT2D eigenvalue weighted by Crippen LogP contribution is -2.39. The van der Waals surface area contributed by atoms with Gasteiger partial charge in [-0.2, -0.15) is 13.2 Å². The van der Waals surface area contributed by atoms with Crippen LogP contribution in [-0.4, -0.2) is 33.4 Å². The van der Waals surface area contributed by atoms with Crippen LogP contribution in [0, 0.1) is 0 Å². The SMILES string of the molecule is C[C@@H]1COc2ccc(-c3ccc(C(F)(F)F)cc3)cc2C(=O)N1Cc1ncccn1. The number of rotatable bonds is 3. The van der Waals surface area contributed by atoms with E-state index in [2.05, 4.69) is 9.97 Å². The van der Waals surface area contributed by atoms with Gasteiger partial charge in [-0.1, -0.05) is 18.2 Å². The number of nitrogens with zero attached hydrogens (tertiary/aromatic N) is 3. The van der Waals surface area contributed by atoms with Crippen molar-refractivity contribution < 1.29 is 22.7 Å². The molecule has 1 amide bonds. The van der Waals surface area contributed by atoms with Crippen LogP contribution < -0.4 is 4.74 Å². The molecule has 0 aliphatic carbocycles. The summed E-state index contributed by atoms with van der Waals surface area (Å²) in [7, 11) is 0. The summed E-state index contributed by atoms with van der Waals surface area (Å²) in [6.07, 6.45) is -1.17. The maximum Gasteiger partial charge on any atom is 0.416 e. The molecule has 1 aromatic heterocycles. The molecule has 30 heavy (non-hydrogen) atoms. The van der Waals surface area contributed by atoms with Crippen molar-refractivity contribution >= 4 is 5.91 Å². The molecule has 0 saturated heterocycles. The zero-order chi connectivity index (χ0) is 21.3. The lowest BCUT2D eigenvalue weighted by Gasteiger charge is -2.25. The fourth-order valence-corrected chi connectivity index (χ4v) is 3.30. The molecule has 154 valence electrons. The third-order valence-corrected chi connectivity index (χ3v) is 4.96. The molecule has 2 heterocycles. The topological polar surface area (TPSA) is 55.3 Å². The average Bonchev–Trinajstić information content (AvgIpc) is 2.86. The second kappa shape index (κ2) is 7.78. The van der Waals surface area contributed by atoms with Gasteiger partial charge in [-0.05, 0) is 48.4 Å². The van der Waals surface area contributed by atoms with Crippen molar-refractivity contribution in [3.05, 3.63) is 77.9 Å². The third kappa shape index (κ3) is 3.98. The highest BCUT2D eigenvalue weighted by Gasteiger charge is 2.31. The number of amides is 1. The number of carbonyl (C=O) groups excluding carboxylic acids is 1. The Morgan fingerprint density at radius 1 is 1.07 bits per heavy atom. The first kappa shape index (κ1) is 19.9. The van der Waals surface area contributed by atoms with Crippen LogP contribution >= 0.6 is 0 Å². The highest BCUT2D eigenvalue weighted by molar-refractivity contribution is 5.98. The summed E-state index contributed by atoms with van der Waals surface area (Å²) < 4.78 is 44.3. The molecule has 1 aliphatic heterocycles. The molecular weight excluding hydrogens is 395 g/mol. The number of hydrogen-bond donors (Lipinski definition) is 0. The molecule has 0 fully saturated rings. The number of carbonyl (C=O) groups is 1. The van der Waals surface area contributed by atoms with Crippen molar-refractivity contribution in [1.29, 1.82) is 0 Å². The van der Waals surface area contributed by atoms with Gasteiger partial charge in [0, 0.05) is 12.4 Å². The summed E-state index contributed by atoms with van der Waals surface area (Å²) in [6, 6.07) is 11.4. The van der Waals surface area contributed by atoms with E-state index in [1.165, 1.54) is 12.1 Å². The Bertz CT molecular complexity index is 1050. The van der Waals surface area contributed by atoms with Gasteiger partial charge in [0.15, 0.2) is 0 Å². The predicted molar refractivity (Wildman–Crippen MR) is 104 cm³/mol. The fraction of sp³-hybridized carbons (Fsp3) is 0.227. The average molecular weight is 413 g/mol. The van der Waals surface area contributed by atoms with Gasteiger partial charge in [0.25, 0.3) is 5.91 Å². The molecule has 0 N–H and O–H groups in total. The van der Waals surface area contributed by atoms with Gasteiger partial charge in [0.05, 0.1) is 23.7 Å². The highest BCUT2D eigenvalue weighted by Crippen LogP contribution is 2.33. The maximum atomic E-state index is 13.3. The Labute approximate surface area is 171 Å². The number of fused-ring (bicyclic) bond motifs is 1. The van der Waals surface area contributed by atoms with Crippen molar-refractivity contribution in [1.82, 2.24) is 14.9 Å². The van der Waals surface area contributed by atoms with E-state index >= 15 is 0 Å². The number of ether oxygens (including phenoxy) is 1. The first-order chi connectivity index (χ1) is 14.3. The van der Waals surface area contributed by atoms with E-state index in [1.54, 1.807) is 41.6 Å². The molecule has 0 unspecified atom stereocenters.